The van der Waals surface area contributed by atoms with Crippen molar-refractivity contribution >= 4 is 18.1 Å². The summed E-state index contributed by atoms with van der Waals surface area (Å²) >= 11 is 0. The highest BCUT2D eigenvalue weighted by Crippen LogP contribution is 2.33. The van der Waals surface area contributed by atoms with E-state index in [9.17, 15) is 14.5 Å². The number of halogens is 2. The van der Waals surface area contributed by atoms with Crippen LogP contribution in [0.5, 0.6) is 11.5 Å². The van der Waals surface area contributed by atoms with E-state index in [4.69, 9.17) is 10.5 Å². The first-order chi connectivity index (χ1) is 11.9. The first-order valence-corrected chi connectivity index (χ1v) is 8.11. The molecule has 8 heteroatoms. The van der Waals surface area contributed by atoms with Crippen LogP contribution in [0.3, 0.4) is 0 Å². The normalized spacial score (nSPS) is 19.8. The Morgan fingerprint density at radius 3 is 2.54 bits per heavy atom. The van der Waals surface area contributed by atoms with Crippen molar-refractivity contribution in [1.82, 2.24) is 4.90 Å². The van der Waals surface area contributed by atoms with Crippen LogP contribution < -0.4 is 10.5 Å². The van der Waals surface area contributed by atoms with Crippen molar-refractivity contribution in [3.05, 3.63) is 64.0 Å². The molecule has 2 unspecified atom stereocenters. The summed E-state index contributed by atoms with van der Waals surface area (Å²) in [5.41, 5.74) is 6.74. The molecule has 0 amide bonds. The molecule has 3 rings (SSSR count). The fourth-order valence-corrected chi connectivity index (χ4v) is 3.00. The molecular weight excluding hydrogens is 361 g/mol. The Morgan fingerprint density at radius 1 is 1.27 bits per heavy atom. The quantitative estimate of drug-likeness (QED) is 0.630. The van der Waals surface area contributed by atoms with Gasteiger partial charge < -0.3 is 10.5 Å². The largest absolute Gasteiger partial charge is 0.450 e. The number of rotatable bonds is 5. The highest BCUT2D eigenvalue weighted by Gasteiger charge is 2.27. The van der Waals surface area contributed by atoms with Gasteiger partial charge in [0.2, 0.25) is 5.75 Å². The van der Waals surface area contributed by atoms with Gasteiger partial charge in [-0.3, -0.25) is 15.0 Å². The van der Waals surface area contributed by atoms with Crippen LogP contribution in [-0.4, -0.2) is 29.0 Å². The number of nitrogens with zero attached hydrogens (tertiary/aromatic N) is 2. The van der Waals surface area contributed by atoms with Crippen LogP contribution in [0.25, 0.3) is 0 Å². The van der Waals surface area contributed by atoms with Crippen molar-refractivity contribution < 1.29 is 14.1 Å². The van der Waals surface area contributed by atoms with E-state index in [1.165, 1.54) is 30.3 Å². The number of hydrogen-bond donors (Lipinski definition) is 1. The van der Waals surface area contributed by atoms with E-state index in [2.05, 4.69) is 11.8 Å². The van der Waals surface area contributed by atoms with Gasteiger partial charge in [0.1, 0.15) is 11.6 Å². The number of nitrogens with two attached hydrogens (primary N) is 1. The summed E-state index contributed by atoms with van der Waals surface area (Å²) in [6.07, 6.45) is 0. The second-order valence-electron chi connectivity index (χ2n) is 6.45. The van der Waals surface area contributed by atoms with Crippen LogP contribution in [0.4, 0.5) is 10.1 Å². The van der Waals surface area contributed by atoms with Gasteiger partial charge in [-0.15, -0.1) is 12.4 Å². The van der Waals surface area contributed by atoms with E-state index in [0.717, 1.165) is 18.7 Å². The Balaban J connectivity index is 0.00000243. The molecule has 0 radical (unpaired) electrons. The summed E-state index contributed by atoms with van der Waals surface area (Å²) in [4.78, 5) is 13.1. The molecule has 1 heterocycles. The van der Waals surface area contributed by atoms with Crippen LogP contribution in [0.15, 0.2) is 42.5 Å². The molecule has 6 nitrogen and oxygen atoms in total. The molecule has 1 saturated heterocycles. The lowest BCUT2D eigenvalue weighted by Gasteiger charge is -2.15. The lowest BCUT2D eigenvalue weighted by atomic mass is 10.1. The lowest BCUT2D eigenvalue weighted by molar-refractivity contribution is -0.385. The molecule has 2 atom stereocenters. The Hall–Kier alpha value is -2.22. The topological polar surface area (TPSA) is 81.6 Å². The molecule has 2 N–H and O–H groups in total. The van der Waals surface area contributed by atoms with Crippen molar-refractivity contribution in [2.45, 2.75) is 19.5 Å². The average molecular weight is 382 g/mol. The minimum Gasteiger partial charge on any atom is -0.450 e. The van der Waals surface area contributed by atoms with Gasteiger partial charge in [0.15, 0.2) is 0 Å². The molecule has 2 aromatic rings. The van der Waals surface area contributed by atoms with Crippen molar-refractivity contribution in [2.75, 3.05) is 13.1 Å². The molecule has 0 aromatic heterocycles. The zero-order chi connectivity index (χ0) is 18.0. The van der Waals surface area contributed by atoms with Crippen LogP contribution in [0.1, 0.15) is 12.5 Å². The summed E-state index contributed by atoms with van der Waals surface area (Å²) in [5, 5.41) is 11.4. The van der Waals surface area contributed by atoms with Gasteiger partial charge >= 0.3 is 5.69 Å². The maximum Gasteiger partial charge on any atom is 0.311 e. The van der Waals surface area contributed by atoms with E-state index in [1.807, 2.05) is 0 Å². The first kappa shape index (κ1) is 20.1. The third kappa shape index (κ3) is 4.69. The minimum atomic E-state index is -0.472. The zero-order valence-corrected chi connectivity index (χ0v) is 15.1. The summed E-state index contributed by atoms with van der Waals surface area (Å²) in [5.74, 6) is 0.495. The molecular formula is C18H21ClFN3O3. The van der Waals surface area contributed by atoms with Gasteiger partial charge in [-0.25, -0.2) is 4.39 Å². The van der Waals surface area contributed by atoms with E-state index < -0.39 is 10.7 Å². The highest BCUT2D eigenvalue weighted by molar-refractivity contribution is 5.85. The highest BCUT2D eigenvalue weighted by atomic mass is 35.5. The van der Waals surface area contributed by atoms with E-state index in [0.29, 0.717) is 18.2 Å². The number of ether oxygens (including phenoxy) is 1. The van der Waals surface area contributed by atoms with Gasteiger partial charge in [0.05, 0.1) is 4.92 Å². The van der Waals surface area contributed by atoms with E-state index in [1.54, 1.807) is 12.1 Å². The number of nitro benzene ring substituents is 1. The van der Waals surface area contributed by atoms with Crippen molar-refractivity contribution in [3.63, 3.8) is 0 Å². The Bertz CT molecular complexity index is 763. The molecule has 0 aliphatic carbocycles. The second kappa shape index (κ2) is 8.44. The molecule has 1 aliphatic heterocycles. The Labute approximate surface area is 157 Å². The summed E-state index contributed by atoms with van der Waals surface area (Å²) in [7, 11) is 0. The standard InChI is InChI=1S/C18H20FN3O3.ClH/c1-12-9-21(11-16(12)20)10-13-2-7-18(17(8-13)22(23)24)25-15-5-3-14(19)4-6-15;/h2-8,12,16H,9-11,20H2,1H3;1H. The van der Waals surface area contributed by atoms with E-state index >= 15 is 0 Å². The third-order valence-corrected chi connectivity index (χ3v) is 4.41. The summed E-state index contributed by atoms with van der Waals surface area (Å²) in [6, 6.07) is 10.4. The number of likely N-dealkylation sites (tertiary alicyclic amines) is 1. The monoisotopic (exact) mass is 381 g/mol. The number of hydrogen-bond acceptors (Lipinski definition) is 5. The van der Waals surface area contributed by atoms with E-state index in [-0.39, 0.29) is 29.9 Å². The maximum atomic E-state index is 13.0. The molecule has 1 aliphatic rings. The minimum absolute atomic E-state index is 0. The van der Waals surface area contributed by atoms with Gasteiger partial charge in [0, 0.05) is 31.7 Å². The molecule has 0 saturated carbocycles. The molecule has 0 spiro atoms. The van der Waals surface area contributed by atoms with Crippen molar-refractivity contribution in [2.24, 2.45) is 11.7 Å². The van der Waals surface area contributed by atoms with Crippen LogP contribution in [0, 0.1) is 21.8 Å². The second-order valence-corrected chi connectivity index (χ2v) is 6.45. The molecule has 1 fully saturated rings. The first-order valence-electron chi connectivity index (χ1n) is 8.11. The molecule has 0 bridgehead atoms. The summed E-state index contributed by atoms with van der Waals surface area (Å²) in [6.45, 7) is 4.37. The average Bonchev–Trinajstić information content (AvgIpc) is 2.88. The Kier molecular flexibility index (Phi) is 6.52. The lowest BCUT2D eigenvalue weighted by Crippen LogP contribution is -2.28. The van der Waals surface area contributed by atoms with Crippen molar-refractivity contribution in [3.8, 4) is 11.5 Å². The van der Waals surface area contributed by atoms with Gasteiger partial charge in [0.25, 0.3) is 0 Å². The van der Waals surface area contributed by atoms with Crippen LogP contribution in [0.2, 0.25) is 0 Å². The smallest absolute Gasteiger partial charge is 0.311 e. The SMILES string of the molecule is CC1CN(Cc2ccc(Oc3ccc(F)cc3)c([N+](=O)[O-])c2)CC1N.Cl. The zero-order valence-electron chi connectivity index (χ0n) is 14.3. The predicted molar refractivity (Wildman–Crippen MR) is 99.2 cm³/mol. The molecule has 140 valence electrons. The fraction of sp³-hybridized carbons (Fsp3) is 0.333. The van der Waals surface area contributed by atoms with Gasteiger partial charge in [-0.1, -0.05) is 13.0 Å². The van der Waals surface area contributed by atoms with Crippen LogP contribution >= 0.6 is 12.4 Å². The number of nitro groups is 1. The predicted octanol–water partition coefficient (Wildman–Crippen LogP) is 3.73. The molecule has 2 aromatic carbocycles. The maximum absolute atomic E-state index is 13.0. The third-order valence-electron chi connectivity index (χ3n) is 4.41. The van der Waals surface area contributed by atoms with Gasteiger partial charge in [-0.2, -0.15) is 0 Å². The summed E-state index contributed by atoms with van der Waals surface area (Å²) < 4.78 is 18.5. The van der Waals surface area contributed by atoms with Crippen LogP contribution in [-0.2, 0) is 6.54 Å². The fourth-order valence-electron chi connectivity index (χ4n) is 3.00. The Morgan fingerprint density at radius 2 is 1.96 bits per heavy atom. The van der Waals surface area contributed by atoms with Gasteiger partial charge in [-0.05, 0) is 41.8 Å². The molecule has 26 heavy (non-hydrogen) atoms. The number of benzene rings is 2. The van der Waals surface area contributed by atoms with Crippen molar-refractivity contribution in [1.29, 1.82) is 0 Å².